The molecule has 21 heavy (non-hydrogen) atoms. The van der Waals surface area contributed by atoms with Gasteiger partial charge in [0.1, 0.15) is 11.3 Å². The van der Waals surface area contributed by atoms with E-state index in [-0.39, 0.29) is 5.56 Å². The molecule has 0 unspecified atom stereocenters. The van der Waals surface area contributed by atoms with Gasteiger partial charge in [0, 0.05) is 4.88 Å². The van der Waals surface area contributed by atoms with E-state index in [9.17, 15) is 9.59 Å². The van der Waals surface area contributed by atoms with Crippen LogP contribution in [0.2, 0.25) is 0 Å². The Balaban J connectivity index is 1.76. The number of nitrogens with one attached hydrogen (secondary N) is 2. The number of hydrogen-bond donors (Lipinski definition) is 2. The highest BCUT2D eigenvalue weighted by Gasteiger charge is 2.12. The van der Waals surface area contributed by atoms with Gasteiger partial charge in [0.05, 0.1) is 18.5 Å². The highest BCUT2D eigenvalue weighted by atomic mass is 32.1. The van der Waals surface area contributed by atoms with Crippen molar-refractivity contribution in [3.63, 3.8) is 0 Å². The highest BCUT2D eigenvalue weighted by molar-refractivity contribution is 7.09. The van der Waals surface area contributed by atoms with Gasteiger partial charge in [-0.2, -0.15) is 0 Å². The molecule has 2 N–H and O–H groups in total. The first-order valence-electron chi connectivity index (χ1n) is 6.32. The van der Waals surface area contributed by atoms with E-state index in [1.54, 1.807) is 29.5 Å². The van der Waals surface area contributed by atoms with E-state index in [0.29, 0.717) is 18.0 Å². The third kappa shape index (κ3) is 2.95. The molecular formula is C15H12N2O3S. The summed E-state index contributed by atoms with van der Waals surface area (Å²) < 4.78 is 5.20. The summed E-state index contributed by atoms with van der Waals surface area (Å²) in [6.45, 7) is 0.413. The maximum Gasteiger partial charge on any atom is 0.261 e. The second-order valence-corrected chi connectivity index (χ2v) is 5.39. The maximum atomic E-state index is 12.0. The average molecular weight is 300 g/mol. The maximum absolute atomic E-state index is 12.0. The summed E-state index contributed by atoms with van der Waals surface area (Å²) in [5.74, 6) is 0.160. The van der Waals surface area contributed by atoms with E-state index >= 15 is 0 Å². The molecule has 0 aliphatic carbocycles. The van der Waals surface area contributed by atoms with Crippen molar-refractivity contribution in [3.05, 3.63) is 68.8 Å². The normalized spacial score (nSPS) is 10.5. The number of furan rings is 1. The lowest BCUT2D eigenvalue weighted by molar-refractivity contribution is 0.0950. The number of H-pyrrole nitrogens is 1. The van der Waals surface area contributed by atoms with Gasteiger partial charge >= 0.3 is 0 Å². The van der Waals surface area contributed by atoms with Crippen LogP contribution in [0.4, 0.5) is 0 Å². The number of carbonyl (C=O) groups is 1. The van der Waals surface area contributed by atoms with Crippen LogP contribution in [-0.4, -0.2) is 10.9 Å². The van der Waals surface area contributed by atoms with Gasteiger partial charge in [-0.3, -0.25) is 9.59 Å². The molecule has 3 aromatic rings. The fourth-order valence-corrected chi connectivity index (χ4v) is 2.55. The molecule has 0 saturated heterocycles. The monoisotopic (exact) mass is 300 g/mol. The van der Waals surface area contributed by atoms with Gasteiger partial charge < -0.3 is 14.7 Å². The summed E-state index contributed by atoms with van der Waals surface area (Å²) in [5.41, 5.74) is 0.189. The lowest BCUT2D eigenvalue weighted by Crippen LogP contribution is -2.29. The third-order valence-electron chi connectivity index (χ3n) is 2.94. The summed E-state index contributed by atoms with van der Waals surface area (Å²) in [7, 11) is 0. The molecule has 0 radical (unpaired) electrons. The van der Waals surface area contributed by atoms with Crippen LogP contribution < -0.4 is 10.9 Å². The standard InChI is InChI=1S/C15H12N2O3S/c18-14(16-9-10-3-2-8-21-10)11-5-6-12(17-15(11)19)13-4-1-7-20-13/h1-8H,9H2,(H,16,18)(H,17,19). The molecule has 3 rings (SSSR count). The first-order valence-corrected chi connectivity index (χ1v) is 7.20. The van der Waals surface area contributed by atoms with Gasteiger partial charge in [0.2, 0.25) is 0 Å². The number of aromatic amines is 1. The van der Waals surface area contributed by atoms with Gasteiger partial charge in [-0.15, -0.1) is 11.3 Å². The molecule has 5 nitrogen and oxygen atoms in total. The number of aromatic nitrogens is 1. The van der Waals surface area contributed by atoms with Crippen molar-refractivity contribution in [2.45, 2.75) is 6.54 Å². The Hall–Kier alpha value is -2.60. The quantitative estimate of drug-likeness (QED) is 0.777. The molecule has 0 aliphatic rings. The van der Waals surface area contributed by atoms with E-state index in [1.807, 2.05) is 17.5 Å². The Labute approximate surface area is 124 Å². The Kier molecular flexibility index (Phi) is 3.70. The van der Waals surface area contributed by atoms with Crippen molar-refractivity contribution in [2.24, 2.45) is 0 Å². The van der Waals surface area contributed by atoms with E-state index in [1.165, 1.54) is 12.3 Å². The van der Waals surface area contributed by atoms with Crippen molar-refractivity contribution in [1.82, 2.24) is 10.3 Å². The molecule has 3 heterocycles. The molecular weight excluding hydrogens is 288 g/mol. The summed E-state index contributed by atoms with van der Waals surface area (Å²) in [6.07, 6.45) is 1.52. The molecule has 1 amide bonds. The van der Waals surface area contributed by atoms with Crippen LogP contribution in [-0.2, 0) is 6.54 Å². The fraction of sp³-hybridized carbons (Fsp3) is 0.0667. The molecule has 0 fully saturated rings. The van der Waals surface area contributed by atoms with Crippen LogP contribution in [0.25, 0.3) is 11.5 Å². The topological polar surface area (TPSA) is 75.1 Å². The number of thiophene rings is 1. The summed E-state index contributed by atoms with van der Waals surface area (Å²) in [6, 6.07) is 10.5. The molecule has 106 valence electrons. The lowest BCUT2D eigenvalue weighted by Gasteiger charge is -2.04. The fourth-order valence-electron chi connectivity index (χ4n) is 1.90. The Morgan fingerprint density at radius 1 is 1.24 bits per heavy atom. The van der Waals surface area contributed by atoms with Gasteiger partial charge in [-0.1, -0.05) is 6.07 Å². The van der Waals surface area contributed by atoms with Crippen LogP contribution >= 0.6 is 11.3 Å². The number of carbonyl (C=O) groups excluding carboxylic acids is 1. The van der Waals surface area contributed by atoms with Crippen LogP contribution in [0.1, 0.15) is 15.2 Å². The predicted octanol–water partition coefficient (Wildman–Crippen LogP) is 2.63. The Morgan fingerprint density at radius 2 is 2.14 bits per heavy atom. The van der Waals surface area contributed by atoms with Gasteiger partial charge in [-0.25, -0.2) is 0 Å². The number of hydrogen-bond acceptors (Lipinski definition) is 4. The lowest BCUT2D eigenvalue weighted by atomic mass is 10.2. The number of amides is 1. The minimum absolute atomic E-state index is 0.0851. The molecule has 3 aromatic heterocycles. The molecule has 0 spiro atoms. The second-order valence-electron chi connectivity index (χ2n) is 4.35. The van der Waals surface area contributed by atoms with Crippen LogP contribution in [0, 0.1) is 0 Å². The van der Waals surface area contributed by atoms with Crippen LogP contribution in [0.5, 0.6) is 0 Å². The minimum Gasteiger partial charge on any atom is -0.463 e. The van der Waals surface area contributed by atoms with E-state index in [2.05, 4.69) is 10.3 Å². The zero-order chi connectivity index (χ0) is 14.7. The van der Waals surface area contributed by atoms with E-state index in [4.69, 9.17) is 4.42 Å². The SMILES string of the molecule is O=C(NCc1cccs1)c1ccc(-c2ccco2)[nH]c1=O. The van der Waals surface area contributed by atoms with Crippen molar-refractivity contribution in [1.29, 1.82) is 0 Å². The molecule has 0 saturated carbocycles. The number of pyridine rings is 1. The van der Waals surface area contributed by atoms with Crippen molar-refractivity contribution >= 4 is 17.2 Å². The van der Waals surface area contributed by atoms with E-state index in [0.717, 1.165) is 4.88 Å². The van der Waals surface area contributed by atoms with Crippen molar-refractivity contribution < 1.29 is 9.21 Å². The van der Waals surface area contributed by atoms with Crippen molar-refractivity contribution in [3.8, 4) is 11.5 Å². The van der Waals surface area contributed by atoms with Gasteiger partial charge in [-0.05, 0) is 35.7 Å². The zero-order valence-electron chi connectivity index (χ0n) is 11.0. The molecule has 0 bridgehead atoms. The molecule has 0 aliphatic heterocycles. The van der Waals surface area contributed by atoms with Crippen LogP contribution in [0.3, 0.4) is 0 Å². The highest BCUT2D eigenvalue weighted by Crippen LogP contribution is 2.15. The van der Waals surface area contributed by atoms with E-state index < -0.39 is 11.5 Å². The summed E-state index contributed by atoms with van der Waals surface area (Å²) in [5, 5.41) is 4.66. The van der Waals surface area contributed by atoms with Gasteiger partial charge in [0.25, 0.3) is 11.5 Å². The largest absolute Gasteiger partial charge is 0.463 e. The predicted molar refractivity (Wildman–Crippen MR) is 80.3 cm³/mol. The summed E-state index contributed by atoms with van der Waals surface area (Å²) in [4.78, 5) is 27.7. The third-order valence-corrected chi connectivity index (χ3v) is 3.82. The molecule has 6 heteroatoms. The van der Waals surface area contributed by atoms with Crippen LogP contribution in [0.15, 0.2) is 57.3 Å². The second kappa shape index (κ2) is 5.80. The first kappa shape index (κ1) is 13.4. The van der Waals surface area contributed by atoms with Crippen molar-refractivity contribution in [2.75, 3.05) is 0 Å². The molecule has 0 atom stereocenters. The molecule has 0 aromatic carbocycles. The Bertz CT molecular complexity index is 789. The smallest absolute Gasteiger partial charge is 0.261 e. The Morgan fingerprint density at radius 3 is 2.81 bits per heavy atom. The first-order chi connectivity index (χ1) is 10.2. The average Bonchev–Trinajstić information content (AvgIpc) is 3.18. The van der Waals surface area contributed by atoms with Gasteiger partial charge in [0.15, 0.2) is 0 Å². The summed E-state index contributed by atoms with van der Waals surface area (Å²) >= 11 is 1.55. The number of rotatable bonds is 4. The zero-order valence-corrected chi connectivity index (χ0v) is 11.8. The minimum atomic E-state index is -0.437.